The van der Waals surface area contributed by atoms with Crippen molar-refractivity contribution in [2.75, 3.05) is 20.1 Å². The first-order chi connectivity index (χ1) is 8.95. The van der Waals surface area contributed by atoms with E-state index >= 15 is 0 Å². The van der Waals surface area contributed by atoms with Crippen LogP contribution >= 0.6 is 15.9 Å². The van der Waals surface area contributed by atoms with Crippen LogP contribution in [0.15, 0.2) is 22.7 Å². The van der Waals surface area contributed by atoms with Gasteiger partial charge in [0.1, 0.15) is 0 Å². The van der Waals surface area contributed by atoms with E-state index in [4.69, 9.17) is 0 Å². The summed E-state index contributed by atoms with van der Waals surface area (Å²) in [6.07, 6.45) is 0.882. The van der Waals surface area contributed by atoms with E-state index in [-0.39, 0.29) is 18.4 Å². The molecule has 0 unspecified atom stereocenters. The molecule has 0 radical (unpaired) electrons. The number of rotatable bonds is 5. The Labute approximate surface area is 122 Å². The number of hydrogen-bond donors (Lipinski definition) is 1. The number of hydrogen-bond acceptors (Lipinski definition) is 2. The summed E-state index contributed by atoms with van der Waals surface area (Å²) in [4.78, 5) is 25.2. The minimum absolute atomic E-state index is 0.0686. The second kappa shape index (κ2) is 7.28. The first kappa shape index (κ1) is 15.7. The predicted octanol–water partition coefficient (Wildman–Crippen LogP) is 2.36. The molecule has 0 saturated carbocycles. The summed E-state index contributed by atoms with van der Waals surface area (Å²) in [7, 11) is 1.63. The molecule has 0 aliphatic rings. The maximum atomic E-state index is 12.2. The Hall–Kier alpha value is -1.36. The van der Waals surface area contributed by atoms with E-state index in [1.807, 2.05) is 26.0 Å². The van der Waals surface area contributed by atoms with E-state index in [0.717, 1.165) is 16.5 Å². The lowest BCUT2D eigenvalue weighted by atomic mass is 10.1. The number of likely N-dealkylation sites (N-methyl/N-ethyl adjacent to an activating group) is 1. The summed E-state index contributed by atoms with van der Waals surface area (Å²) in [6.45, 7) is 4.65. The first-order valence-corrected chi connectivity index (χ1v) is 7.03. The smallest absolute Gasteiger partial charge is 0.255 e. The quantitative estimate of drug-likeness (QED) is 0.903. The molecule has 4 nitrogen and oxygen atoms in total. The van der Waals surface area contributed by atoms with E-state index < -0.39 is 0 Å². The molecule has 0 saturated heterocycles. The molecule has 1 rings (SSSR count). The number of carbonyl (C=O) groups is 2. The number of amides is 2. The van der Waals surface area contributed by atoms with E-state index in [2.05, 4.69) is 21.2 Å². The van der Waals surface area contributed by atoms with Crippen LogP contribution in [0.2, 0.25) is 0 Å². The Morgan fingerprint density at radius 2 is 2.05 bits per heavy atom. The van der Waals surface area contributed by atoms with Gasteiger partial charge in [0.2, 0.25) is 5.91 Å². The zero-order valence-electron chi connectivity index (χ0n) is 11.5. The van der Waals surface area contributed by atoms with Crippen LogP contribution in [0.5, 0.6) is 0 Å². The Morgan fingerprint density at radius 3 is 2.63 bits per heavy atom. The summed E-state index contributed by atoms with van der Waals surface area (Å²) in [5, 5.41) is 2.75. The summed E-state index contributed by atoms with van der Waals surface area (Å²) < 4.78 is 0.748. The lowest BCUT2D eigenvalue weighted by molar-refractivity contribution is -0.121. The zero-order chi connectivity index (χ0) is 14.4. The van der Waals surface area contributed by atoms with Gasteiger partial charge in [-0.1, -0.05) is 13.0 Å². The Kier molecular flexibility index (Phi) is 6.02. The van der Waals surface area contributed by atoms with Crippen LogP contribution in [-0.4, -0.2) is 36.9 Å². The number of aryl methyl sites for hydroxylation is 1. The predicted molar refractivity (Wildman–Crippen MR) is 79.1 cm³/mol. The summed E-state index contributed by atoms with van der Waals surface area (Å²) >= 11 is 3.38. The monoisotopic (exact) mass is 326 g/mol. The number of carbonyl (C=O) groups excluding carboxylic acids is 2. The van der Waals surface area contributed by atoms with Gasteiger partial charge in [0.05, 0.1) is 12.1 Å². The first-order valence-electron chi connectivity index (χ1n) is 6.24. The number of benzene rings is 1. The highest BCUT2D eigenvalue weighted by atomic mass is 79.9. The molecule has 5 heteroatoms. The third kappa shape index (κ3) is 4.67. The lowest BCUT2D eigenvalue weighted by Crippen LogP contribution is -2.38. The summed E-state index contributed by atoms with van der Waals surface area (Å²) in [5.41, 5.74) is 1.64. The fourth-order valence-electron chi connectivity index (χ4n) is 1.61. The molecular formula is C14H19BrN2O2. The van der Waals surface area contributed by atoms with Gasteiger partial charge in [-0.25, -0.2) is 0 Å². The van der Waals surface area contributed by atoms with Crippen LogP contribution in [-0.2, 0) is 4.79 Å². The minimum Gasteiger partial charge on any atom is -0.355 e. The molecule has 0 bridgehead atoms. The summed E-state index contributed by atoms with van der Waals surface area (Å²) in [6, 6.07) is 5.53. The molecule has 1 aromatic rings. The highest BCUT2D eigenvalue weighted by molar-refractivity contribution is 9.10. The Balaban J connectivity index is 2.69. The van der Waals surface area contributed by atoms with Gasteiger partial charge in [-0.3, -0.25) is 9.59 Å². The average molecular weight is 327 g/mol. The Bertz CT molecular complexity index is 475. The lowest BCUT2D eigenvalue weighted by Gasteiger charge is -2.17. The van der Waals surface area contributed by atoms with Crippen molar-refractivity contribution in [3.63, 3.8) is 0 Å². The van der Waals surface area contributed by atoms with Crippen LogP contribution in [0.4, 0.5) is 0 Å². The largest absolute Gasteiger partial charge is 0.355 e. The molecule has 0 heterocycles. The molecule has 0 spiro atoms. The van der Waals surface area contributed by atoms with Gasteiger partial charge in [0.25, 0.3) is 5.91 Å². The topological polar surface area (TPSA) is 49.4 Å². The fraction of sp³-hybridized carbons (Fsp3) is 0.429. The van der Waals surface area contributed by atoms with Crippen LogP contribution in [0.25, 0.3) is 0 Å². The van der Waals surface area contributed by atoms with Gasteiger partial charge in [0.15, 0.2) is 0 Å². The molecule has 104 valence electrons. The van der Waals surface area contributed by atoms with Crippen molar-refractivity contribution in [3.05, 3.63) is 33.8 Å². The normalized spacial score (nSPS) is 10.1. The van der Waals surface area contributed by atoms with Crippen LogP contribution in [0, 0.1) is 6.92 Å². The number of nitrogens with zero attached hydrogens (tertiary/aromatic N) is 1. The Morgan fingerprint density at radius 1 is 1.37 bits per heavy atom. The highest BCUT2D eigenvalue weighted by Gasteiger charge is 2.17. The number of nitrogens with one attached hydrogen (secondary N) is 1. The standard InChI is InChI=1S/C14H19BrN2O2/c1-4-7-16-13(18)9-17(3)14(19)11-6-5-10(2)8-12(11)15/h5-6,8H,4,7,9H2,1-3H3,(H,16,18). The van der Waals surface area contributed by atoms with E-state index in [0.29, 0.717) is 12.1 Å². The van der Waals surface area contributed by atoms with Gasteiger partial charge < -0.3 is 10.2 Å². The van der Waals surface area contributed by atoms with Crippen molar-refractivity contribution in [1.82, 2.24) is 10.2 Å². The molecule has 19 heavy (non-hydrogen) atoms. The van der Waals surface area contributed by atoms with E-state index in [9.17, 15) is 9.59 Å². The number of halogens is 1. The molecule has 1 N–H and O–H groups in total. The van der Waals surface area contributed by atoms with Crippen molar-refractivity contribution >= 4 is 27.7 Å². The van der Waals surface area contributed by atoms with Crippen molar-refractivity contribution in [2.45, 2.75) is 20.3 Å². The zero-order valence-corrected chi connectivity index (χ0v) is 13.1. The minimum atomic E-state index is -0.168. The van der Waals surface area contributed by atoms with E-state index in [1.54, 1.807) is 13.1 Å². The van der Waals surface area contributed by atoms with Gasteiger partial charge in [-0.2, -0.15) is 0 Å². The SMILES string of the molecule is CCCNC(=O)CN(C)C(=O)c1ccc(C)cc1Br. The molecule has 1 aromatic carbocycles. The van der Waals surface area contributed by atoms with Crippen molar-refractivity contribution in [2.24, 2.45) is 0 Å². The second-order valence-electron chi connectivity index (χ2n) is 4.49. The van der Waals surface area contributed by atoms with Gasteiger partial charge in [-0.05, 0) is 47.0 Å². The van der Waals surface area contributed by atoms with Gasteiger partial charge in [0, 0.05) is 18.1 Å². The fourth-order valence-corrected chi connectivity index (χ4v) is 2.27. The van der Waals surface area contributed by atoms with Gasteiger partial charge >= 0.3 is 0 Å². The maximum Gasteiger partial charge on any atom is 0.255 e. The maximum absolute atomic E-state index is 12.2. The van der Waals surface area contributed by atoms with Crippen LogP contribution in [0.1, 0.15) is 29.3 Å². The summed E-state index contributed by atoms with van der Waals surface area (Å²) in [5.74, 6) is -0.306. The molecule has 0 aromatic heterocycles. The van der Waals surface area contributed by atoms with Gasteiger partial charge in [-0.15, -0.1) is 0 Å². The van der Waals surface area contributed by atoms with Crippen LogP contribution < -0.4 is 5.32 Å². The molecule has 0 fully saturated rings. The van der Waals surface area contributed by atoms with Crippen molar-refractivity contribution < 1.29 is 9.59 Å². The van der Waals surface area contributed by atoms with Crippen molar-refractivity contribution in [1.29, 1.82) is 0 Å². The molecule has 0 aliphatic carbocycles. The molecule has 2 amide bonds. The highest BCUT2D eigenvalue weighted by Crippen LogP contribution is 2.19. The molecule has 0 aliphatic heterocycles. The second-order valence-corrected chi connectivity index (χ2v) is 5.35. The average Bonchev–Trinajstić information content (AvgIpc) is 2.35. The molecular weight excluding hydrogens is 308 g/mol. The third-order valence-corrected chi connectivity index (χ3v) is 3.31. The molecule has 0 atom stereocenters. The third-order valence-electron chi connectivity index (χ3n) is 2.65. The van der Waals surface area contributed by atoms with E-state index in [1.165, 1.54) is 4.90 Å². The van der Waals surface area contributed by atoms with Crippen molar-refractivity contribution in [3.8, 4) is 0 Å². The van der Waals surface area contributed by atoms with Crippen LogP contribution in [0.3, 0.4) is 0 Å².